The van der Waals surface area contributed by atoms with Crippen LogP contribution in [0.5, 0.6) is 0 Å². The maximum Gasteiger partial charge on any atom is 0.252 e. The van der Waals surface area contributed by atoms with Gasteiger partial charge < -0.3 is 0 Å². The maximum absolute atomic E-state index is 11.7. The van der Waals surface area contributed by atoms with Gasteiger partial charge >= 0.3 is 0 Å². The average molecular weight is 261 g/mol. The standard InChI is InChI=1S/C10H9ClO2S2/c11-15(12,13)10(7-4-8-14-10)9-5-2-1-3-6-9/h1-6,8H,7H2. The third-order valence-electron chi connectivity index (χ3n) is 2.35. The fourth-order valence-electron chi connectivity index (χ4n) is 1.59. The van der Waals surface area contributed by atoms with Gasteiger partial charge in [-0.15, -0.1) is 11.8 Å². The normalized spacial score (nSPS) is 25.7. The predicted molar refractivity (Wildman–Crippen MR) is 64.2 cm³/mol. The Labute approximate surface area is 97.8 Å². The van der Waals surface area contributed by atoms with Crippen LogP contribution in [-0.2, 0) is 13.1 Å². The molecule has 5 heteroatoms. The van der Waals surface area contributed by atoms with Crippen molar-refractivity contribution >= 4 is 31.5 Å². The third-order valence-corrected chi connectivity index (χ3v) is 6.66. The van der Waals surface area contributed by atoms with Gasteiger partial charge in [-0.25, -0.2) is 8.42 Å². The van der Waals surface area contributed by atoms with Gasteiger partial charge in [0.25, 0.3) is 9.05 Å². The molecule has 0 N–H and O–H groups in total. The highest BCUT2D eigenvalue weighted by molar-refractivity contribution is 8.25. The van der Waals surface area contributed by atoms with Gasteiger partial charge in [0.2, 0.25) is 0 Å². The minimum absolute atomic E-state index is 0.424. The lowest BCUT2D eigenvalue weighted by molar-refractivity contribution is 0.591. The Morgan fingerprint density at radius 3 is 2.40 bits per heavy atom. The van der Waals surface area contributed by atoms with E-state index in [1.165, 1.54) is 11.8 Å². The van der Waals surface area contributed by atoms with Gasteiger partial charge in [-0.05, 0) is 11.0 Å². The Kier molecular flexibility index (Phi) is 2.83. The van der Waals surface area contributed by atoms with Crippen LogP contribution in [0, 0.1) is 0 Å². The topological polar surface area (TPSA) is 34.1 Å². The molecule has 1 aromatic carbocycles. The molecule has 0 bridgehead atoms. The lowest BCUT2D eigenvalue weighted by Crippen LogP contribution is -2.25. The molecule has 0 fully saturated rings. The third kappa shape index (κ3) is 1.82. The van der Waals surface area contributed by atoms with E-state index in [9.17, 15) is 8.42 Å². The summed E-state index contributed by atoms with van der Waals surface area (Å²) in [5.74, 6) is 0. The summed E-state index contributed by atoms with van der Waals surface area (Å²) in [6.07, 6.45) is 2.26. The first kappa shape index (κ1) is 11.0. The van der Waals surface area contributed by atoms with Crippen LogP contribution >= 0.6 is 22.4 Å². The fourth-order valence-corrected chi connectivity index (χ4v) is 4.58. The number of rotatable bonds is 2. The lowest BCUT2D eigenvalue weighted by Gasteiger charge is -2.24. The van der Waals surface area contributed by atoms with E-state index in [2.05, 4.69) is 0 Å². The molecule has 1 heterocycles. The van der Waals surface area contributed by atoms with Crippen LogP contribution in [0.4, 0.5) is 0 Å². The first-order valence-electron chi connectivity index (χ1n) is 4.39. The zero-order valence-corrected chi connectivity index (χ0v) is 10.1. The molecule has 15 heavy (non-hydrogen) atoms. The van der Waals surface area contributed by atoms with Gasteiger partial charge in [-0.2, -0.15) is 0 Å². The molecular weight excluding hydrogens is 252 g/mol. The van der Waals surface area contributed by atoms with Crippen molar-refractivity contribution in [3.63, 3.8) is 0 Å². The smallest absolute Gasteiger partial charge is 0.210 e. The molecule has 1 aliphatic rings. The minimum atomic E-state index is -3.64. The van der Waals surface area contributed by atoms with Crippen molar-refractivity contribution in [3.8, 4) is 0 Å². The zero-order chi connectivity index (χ0) is 10.9. The second-order valence-corrected chi connectivity index (χ2v) is 7.51. The van der Waals surface area contributed by atoms with Gasteiger partial charge in [0.1, 0.15) is 0 Å². The molecular formula is C10H9ClO2S2. The van der Waals surface area contributed by atoms with Gasteiger partial charge in [0, 0.05) is 17.1 Å². The predicted octanol–water partition coefficient (Wildman–Crippen LogP) is 3.06. The summed E-state index contributed by atoms with van der Waals surface area (Å²) in [7, 11) is 1.90. The number of thioether (sulfide) groups is 1. The average Bonchev–Trinajstić information content (AvgIpc) is 2.68. The van der Waals surface area contributed by atoms with E-state index in [1.54, 1.807) is 17.5 Å². The van der Waals surface area contributed by atoms with Crippen molar-refractivity contribution < 1.29 is 8.42 Å². The van der Waals surface area contributed by atoms with E-state index in [0.29, 0.717) is 6.42 Å². The second kappa shape index (κ2) is 3.85. The van der Waals surface area contributed by atoms with Crippen molar-refractivity contribution in [1.29, 1.82) is 0 Å². The summed E-state index contributed by atoms with van der Waals surface area (Å²) in [5, 5.41) is 1.78. The first-order valence-corrected chi connectivity index (χ1v) is 7.58. The van der Waals surface area contributed by atoms with Crippen molar-refractivity contribution in [3.05, 3.63) is 47.4 Å². The van der Waals surface area contributed by atoms with Crippen LogP contribution in [0.25, 0.3) is 0 Å². The van der Waals surface area contributed by atoms with Gasteiger partial charge in [-0.1, -0.05) is 36.4 Å². The molecule has 1 aromatic rings. The number of hydrogen-bond acceptors (Lipinski definition) is 3. The van der Waals surface area contributed by atoms with Gasteiger partial charge in [-0.3, -0.25) is 0 Å². The van der Waals surface area contributed by atoms with Crippen LogP contribution in [0.3, 0.4) is 0 Å². The summed E-state index contributed by atoms with van der Waals surface area (Å²) >= 11 is 1.25. The molecule has 2 rings (SSSR count). The minimum Gasteiger partial charge on any atom is -0.210 e. The molecule has 0 saturated carbocycles. The number of halogens is 1. The van der Waals surface area contributed by atoms with E-state index >= 15 is 0 Å². The summed E-state index contributed by atoms with van der Waals surface area (Å²) in [6, 6.07) is 9.07. The Hall–Kier alpha value is -0.450. The zero-order valence-electron chi connectivity index (χ0n) is 7.76. The van der Waals surface area contributed by atoms with Crippen LogP contribution in [0.1, 0.15) is 12.0 Å². The van der Waals surface area contributed by atoms with E-state index in [4.69, 9.17) is 10.7 Å². The van der Waals surface area contributed by atoms with Crippen LogP contribution in [-0.4, -0.2) is 8.42 Å². The Morgan fingerprint density at radius 1 is 1.27 bits per heavy atom. The highest BCUT2D eigenvalue weighted by Crippen LogP contribution is 2.51. The number of benzene rings is 1. The largest absolute Gasteiger partial charge is 0.252 e. The molecule has 2 nitrogen and oxygen atoms in total. The van der Waals surface area contributed by atoms with Crippen molar-refractivity contribution in [2.75, 3.05) is 0 Å². The SMILES string of the molecule is O=S(=O)(Cl)C1(c2ccccc2)CC=CS1. The fraction of sp³-hybridized carbons (Fsp3) is 0.200. The molecule has 80 valence electrons. The number of allylic oxidation sites excluding steroid dienone is 1. The molecule has 1 unspecified atom stereocenters. The van der Waals surface area contributed by atoms with E-state index < -0.39 is 13.1 Å². The summed E-state index contributed by atoms with van der Waals surface area (Å²) in [5.41, 5.74) is 0.731. The monoisotopic (exact) mass is 260 g/mol. The quantitative estimate of drug-likeness (QED) is 0.767. The second-order valence-electron chi connectivity index (χ2n) is 3.25. The summed E-state index contributed by atoms with van der Waals surface area (Å²) in [4.78, 5) is 0. The molecule has 0 aromatic heterocycles. The summed E-state index contributed by atoms with van der Waals surface area (Å²) < 4.78 is 22.3. The van der Waals surface area contributed by atoms with Gasteiger partial charge in [0.05, 0.1) is 0 Å². The highest BCUT2D eigenvalue weighted by Gasteiger charge is 2.45. The molecule has 0 aliphatic carbocycles. The molecule has 1 atom stereocenters. The van der Waals surface area contributed by atoms with E-state index in [-0.39, 0.29) is 0 Å². The summed E-state index contributed by atoms with van der Waals surface area (Å²) in [6.45, 7) is 0. The molecule has 0 spiro atoms. The maximum atomic E-state index is 11.7. The van der Waals surface area contributed by atoms with E-state index in [1.807, 2.05) is 24.3 Å². The van der Waals surface area contributed by atoms with Crippen LogP contribution in [0.2, 0.25) is 0 Å². The molecule has 0 saturated heterocycles. The Morgan fingerprint density at radius 2 is 1.93 bits per heavy atom. The molecule has 0 amide bonds. The molecule has 0 radical (unpaired) electrons. The Balaban J connectivity index is 2.55. The number of hydrogen-bond donors (Lipinski definition) is 0. The molecule has 1 aliphatic heterocycles. The first-order chi connectivity index (χ1) is 7.06. The van der Waals surface area contributed by atoms with E-state index in [0.717, 1.165) is 5.56 Å². The van der Waals surface area contributed by atoms with Crippen LogP contribution < -0.4 is 0 Å². The van der Waals surface area contributed by atoms with Crippen LogP contribution in [0.15, 0.2) is 41.8 Å². The lowest BCUT2D eigenvalue weighted by atomic mass is 10.1. The highest BCUT2D eigenvalue weighted by atomic mass is 35.7. The van der Waals surface area contributed by atoms with Gasteiger partial charge in [0.15, 0.2) is 4.08 Å². The van der Waals surface area contributed by atoms with Crippen molar-refractivity contribution in [1.82, 2.24) is 0 Å². The van der Waals surface area contributed by atoms with Crippen molar-refractivity contribution in [2.24, 2.45) is 0 Å². The van der Waals surface area contributed by atoms with Crippen molar-refractivity contribution in [2.45, 2.75) is 10.5 Å². The Bertz CT molecular complexity index is 471.